The number of nitrogens with one attached hydrogen (secondary N) is 1. The van der Waals surface area contributed by atoms with Crippen molar-refractivity contribution in [3.8, 4) is 0 Å². The van der Waals surface area contributed by atoms with Gasteiger partial charge in [-0.25, -0.2) is 9.78 Å². The van der Waals surface area contributed by atoms with Gasteiger partial charge in [-0.1, -0.05) is 33.0 Å². The molecule has 0 aliphatic carbocycles. The first kappa shape index (κ1) is 11.8. The van der Waals surface area contributed by atoms with E-state index >= 15 is 0 Å². The van der Waals surface area contributed by atoms with E-state index in [2.05, 4.69) is 14.7 Å². The first-order valence-corrected chi connectivity index (χ1v) is 4.95. The monoisotopic (exact) mass is 226 g/mol. The number of nitrogens with zero attached hydrogens (tertiary/aromatic N) is 1. The Morgan fingerprint density at radius 2 is 2.13 bits per heavy atom. The van der Waals surface area contributed by atoms with E-state index in [1.54, 1.807) is 6.07 Å². The third-order valence-corrected chi connectivity index (χ3v) is 2.14. The van der Waals surface area contributed by atoms with Gasteiger partial charge in [-0.2, -0.15) is 0 Å². The molecule has 1 rings (SSSR count). The second-order valence-electron chi connectivity index (χ2n) is 4.22. The van der Waals surface area contributed by atoms with Gasteiger partial charge >= 0.3 is 5.97 Å². The van der Waals surface area contributed by atoms with Crippen LogP contribution >= 0.6 is 12.2 Å². The second kappa shape index (κ2) is 4.10. The van der Waals surface area contributed by atoms with Crippen molar-refractivity contribution in [2.45, 2.75) is 26.2 Å². The van der Waals surface area contributed by atoms with Gasteiger partial charge in [-0.05, 0) is 6.07 Å². The standard InChI is InChI=1S/C10H14N2O2S/c1-10(2,3)6-5-7(15)12-8(11-6)9(13)14-4/h5H,1-4H3,(H,11,12,15). The number of aromatic amines is 1. The van der Waals surface area contributed by atoms with Crippen LogP contribution in [0.15, 0.2) is 6.07 Å². The van der Waals surface area contributed by atoms with E-state index in [4.69, 9.17) is 12.2 Å². The SMILES string of the molecule is COC(=O)c1nc(=S)cc(C(C)(C)C)[nH]1. The van der Waals surface area contributed by atoms with Gasteiger partial charge in [0.2, 0.25) is 5.82 Å². The molecule has 1 N–H and O–H groups in total. The molecule has 0 atom stereocenters. The van der Waals surface area contributed by atoms with E-state index < -0.39 is 5.97 Å². The summed E-state index contributed by atoms with van der Waals surface area (Å²) in [4.78, 5) is 18.1. The molecule has 0 aliphatic heterocycles. The molecule has 0 aliphatic rings. The molecule has 5 heteroatoms. The topological polar surface area (TPSA) is 55.0 Å². The van der Waals surface area contributed by atoms with Crippen molar-refractivity contribution in [2.24, 2.45) is 0 Å². The van der Waals surface area contributed by atoms with E-state index in [0.717, 1.165) is 5.69 Å². The summed E-state index contributed by atoms with van der Waals surface area (Å²) in [5, 5.41) is 0. The minimum Gasteiger partial charge on any atom is -0.463 e. The maximum absolute atomic E-state index is 11.3. The van der Waals surface area contributed by atoms with Gasteiger partial charge in [0.25, 0.3) is 0 Å². The summed E-state index contributed by atoms with van der Waals surface area (Å²) in [7, 11) is 1.31. The van der Waals surface area contributed by atoms with Gasteiger partial charge in [0.15, 0.2) is 0 Å². The lowest BCUT2D eigenvalue weighted by molar-refractivity contribution is 0.0586. The highest BCUT2D eigenvalue weighted by atomic mass is 32.1. The Bertz CT molecular complexity index is 432. The Hall–Kier alpha value is -1.23. The van der Waals surface area contributed by atoms with E-state index in [1.807, 2.05) is 20.8 Å². The summed E-state index contributed by atoms with van der Waals surface area (Å²) in [6.45, 7) is 6.07. The molecule has 1 aromatic rings. The molecule has 0 saturated carbocycles. The number of H-pyrrole nitrogens is 1. The van der Waals surface area contributed by atoms with Gasteiger partial charge in [0.1, 0.15) is 4.64 Å². The minimum atomic E-state index is -0.507. The quantitative estimate of drug-likeness (QED) is 0.589. The lowest BCUT2D eigenvalue weighted by Gasteiger charge is -2.18. The zero-order valence-electron chi connectivity index (χ0n) is 9.25. The maximum atomic E-state index is 11.3. The Labute approximate surface area is 93.7 Å². The Morgan fingerprint density at radius 3 is 2.60 bits per heavy atom. The molecule has 0 aromatic carbocycles. The summed E-state index contributed by atoms with van der Waals surface area (Å²) in [5.41, 5.74) is 0.752. The van der Waals surface area contributed by atoms with Gasteiger partial charge in [0.05, 0.1) is 7.11 Å². The molecule has 82 valence electrons. The molecule has 0 spiro atoms. The van der Waals surface area contributed by atoms with Crippen molar-refractivity contribution in [1.29, 1.82) is 0 Å². The van der Waals surface area contributed by atoms with Gasteiger partial charge in [-0.3, -0.25) is 0 Å². The predicted molar refractivity (Wildman–Crippen MR) is 59.5 cm³/mol. The molecule has 15 heavy (non-hydrogen) atoms. The van der Waals surface area contributed by atoms with Gasteiger partial charge in [-0.15, -0.1) is 0 Å². The van der Waals surface area contributed by atoms with Crippen LogP contribution in [0, 0.1) is 4.64 Å². The molecule has 0 bridgehead atoms. The van der Waals surface area contributed by atoms with Gasteiger partial charge < -0.3 is 9.72 Å². The zero-order chi connectivity index (χ0) is 11.6. The lowest BCUT2D eigenvalue weighted by atomic mass is 9.92. The van der Waals surface area contributed by atoms with E-state index in [9.17, 15) is 4.79 Å². The molecule has 0 amide bonds. The average Bonchev–Trinajstić information content (AvgIpc) is 2.14. The normalized spacial score (nSPS) is 11.2. The zero-order valence-corrected chi connectivity index (χ0v) is 10.1. The van der Waals surface area contributed by atoms with Crippen LogP contribution in [0.3, 0.4) is 0 Å². The highest BCUT2D eigenvalue weighted by Gasteiger charge is 2.17. The summed E-state index contributed by atoms with van der Waals surface area (Å²) < 4.78 is 4.97. The molecular formula is C10H14N2O2S. The first-order chi connectivity index (χ1) is 6.84. The number of esters is 1. The molecular weight excluding hydrogens is 212 g/mol. The average molecular weight is 226 g/mol. The van der Waals surface area contributed by atoms with Crippen molar-refractivity contribution in [2.75, 3.05) is 7.11 Å². The van der Waals surface area contributed by atoms with Crippen LogP contribution in [0.25, 0.3) is 0 Å². The van der Waals surface area contributed by atoms with Crippen LogP contribution in [-0.4, -0.2) is 23.0 Å². The number of aromatic nitrogens is 2. The number of hydrogen-bond donors (Lipinski definition) is 1. The number of ether oxygens (including phenoxy) is 1. The Morgan fingerprint density at radius 1 is 1.53 bits per heavy atom. The maximum Gasteiger partial charge on any atom is 0.374 e. The summed E-state index contributed by atoms with van der Waals surface area (Å²) in [6.07, 6.45) is 0. The number of methoxy groups -OCH3 is 1. The number of hydrogen-bond acceptors (Lipinski definition) is 4. The molecule has 0 unspecified atom stereocenters. The fourth-order valence-corrected chi connectivity index (χ4v) is 1.26. The predicted octanol–water partition coefficient (Wildman–Crippen LogP) is 2.22. The van der Waals surface area contributed by atoms with Crippen LogP contribution in [-0.2, 0) is 10.2 Å². The van der Waals surface area contributed by atoms with Crippen LogP contribution in [0.4, 0.5) is 0 Å². The smallest absolute Gasteiger partial charge is 0.374 e. The molecule has 4 nitrogen and oxygen atoms in total. The van der Waals surface area contributed by atoms with E-state index in [1.165, 1.54) is 7.11 Å². The Balaban J connectivity index is 3.29. The van der Waals surface area contributed by atoms with Crippen molar-refractivity contribution < 1.29 is 9.53 Å². The van der Waals surface area contributed by atoms with Crippen LogP contribution in [0.1, 0.15) is 37.1 Å². The highest BCUT2D eigenvalue weighted by molar-refractivity contribution is 7.71. The molecule has 0 fully saturated rings. The van der Waals surface area contributed by atoms with Crippen molar-refractivity contribution in [3.05, 3.63) is 22.2 Å². The van der Waals surface area contributed by atoms with Crippen molar-refractivity contribution in [3.63, 3.8) is 0 Å². The largest absolute Gasteiger partial charge is 0.463 e. The fraction of sp³-hybridized carbons (Fsp3) is 0.500. The highest BCUT2D eigenvalue weighted by Crippen LogP contribution is 2.19. The third-order valence-electron chi connectivity index (χ3n) is 1.93. The van der Waals surface area contributed by atoms with Gasteiger partial charge in [0, 0.05) is 11.1 Å². The molecule has 1 aromatic heterocycles. The number of carbonyl (C=O) groups excluding carboxylic acids is 1. The van der Waals surface area contributed by atoms with E-state index in [0.29, 0.717) is 4.64 Å². The summed E-state index contributed by atoms with van der Waals surface area (Å²) >= 11 is 4.98. The van der Waals surface area contributed by atoms with Crippen molar-refractivity contribution in [1.82, 2.24) is 9.97 Å². The van der Waals surface area contributed by atoms with Crippen LogP contribution < -0.4 is 0 Å². The minimum absolute atomic E-state index is 0.112. The van der Waals surface area contributed by atoms with Crippen LogP contribution in [0.2, 0.25) is 0 Å². The number of rotatable bonds is 1. The third kappa shape index (κ3) is 2.86. The Kier molecular flexibility index (Phi) is 3.24. The first-order valence-electron chi connectivity index (χ1n) is 4.55. The fourth-order valence-electron chi connectivity index (χ4n) is 1.05. The van der Waals surface area contributed by atoms with E-state index in [-0.39, 0.29) is 11.2 Å². The lowest BCUT2D eigenvalue weighted by Crippen LogP contribution is -2.17. The summed E-state index contributed by atoms with van der Waals surface area (Å²) in [6, 6.07) is 1.75. The molecule has 1 heterocycles. The second-order valence-corrected chi connectivity index (χ2v) is 4.64. The summed E-state index contributed by atoms with van der Waals surface area (Å²) in [5.74, 6) is -0.359. The molecule has 0 saturated heterocycles. The molecule has 0 radical (unpaired) electrons. The number of carbonyl (C=O) groups is 1. The van der Waals surface area contributed by atoms with Crippen LogP contribution in [0.5, 0.6) is 0 Å². The van der Waals surface area contributed by atoms with Crippen molar-refractivity contribution >= 4 is 18.2 Å².